The number of hydrogen-bond acceptors (Lipinski definition) is 6. The predicted octanol–water partition coefficient (Wildman–Crippen LogP) is 2.64. The van der Waals surface area contributed by atoms with Crippen molar-refractivity contribution in [1.82, 2.24) is 18.9 Å². The van der Waals surface area contributed by atoms with E-state index < -0.39 is 0 Å². The number of ketones is 2. The molecule has 2 fully saturated rings. The number of nitrogens with zero attached hydrogens (tertiary/aromatic N) is 4. The quantitative estimate of drug-likeness (QED) is 0.468. The fraction of sp³-hybridized carbons (Fsp3) is 0.613. The third-order valence-electron chi connectivity index (χ3n) is 9.44. The van der Waals surface area contributed by atoms with Gasteiger partial charge in [-0.15, -0.1) is 0 Å². The summed E-state index contributed by atoms with van der Waals surface area (Å²) < 4.78 is 3.88. The first kappa shape index (κ1) is 26.4. The average molecular weight is 533 g/mol. The van der Waals surface area contributed by atoms with Crippen molar-refractivity contribution in [3.05, 3.63) is 68.5 Å². The monoisotopic (exact) mass is 532 g/mol. The largest absolute Gasteiger partial charge is 0.312 e. The van der Waals surface area contributed by atoms with Gasteiger partial charge in [0.15, 0.2) is 0 Å². The molecule has 6 heterocycles. The van der Waals surface area contributed by atoms with Crippen molar-refractivity contribution in [3.8, 4) is 0 Å². The Morgan fingerprint density at radius 2 is 1.08 bits per heavy atom. The van der Waals surface area contributed by atoms with E-state index in [9.17, 15) is 19.2 Å². The molecule has 0 amide bonds. The zero-order valence-corrected chi connectivity index (χ0v) is 22.8. The number of aromatic nitrogens is 2. The van der Waals surface area contributed by atoms with Crippen LogP contribution in [0.25, 0.3) is 0 Å². The molecule has 4 aliphatic heterocycles. The Balaban J connectivity index is 0.892. The second kappa shape index (κ2) is 11.3. The molecule has 8 nitrogen and oxygen atoms in total. The summed E-state index contributed by atoms with van der Waals surface area (Å²) in [5.41, 5.74) is 2.48. The number of fused-ring (bicyclic) bond motifs is 8. The Hall–Kier alpha value is -2.84. The smallest absolute Gasteiger partial charge is 0.250 e. The van der Waals surface area contributed by atoms with E-state index in [1.807, 2.05) is 21.3 Å². The SMILES string of the molecule is O=C(CCCC(=O)CCN1C[C@H]2C[C@@H](C1)c1cccc(=O)n1C2)CCN1C[C@H]2C[C@@H](C1)c1cccc(=O)n1C2. The number of pyridine rings is 2. The molecule has 4 aliphatic rings. The Morgan fingerprint density at radius 1 is 0.615 bits per heavy atom. The summed E-state index contributed by atoms with van der Waals surface area (Å²) in [4.78, 5) is 54.4. The van der Waals surface area contributed by atoms with Gasteiger partial charge in [0.25, 0.3) is 11.1 Å². The lowest BCUT2D eigenvalue weighted by atomic mass is 9.83. The Morgan fingerprint density at radius 3 is 1.54 bits per heavy atom. The first-order valence-electron chi connectivity index (χ1n) is 14.8. The van der Waals surface area contributed by atoms with Crippen molar-refractivity contribution in [3.63, 3.8) is 0 Å². The van der Waals surface area contributed by atoms with Crippen LogP contribution >= 0.6 is 0 Å². The van der Waals surface area contributed by atoms with E-state index in [1.165, 1.54) is 0 Å². The van der Waals surface area contributed by atoms with Crippen LogP contribution in [0.1, 0.15) is 68.2 Å². The third-order valence-corrected chi connectivity index (χ3v) is 9.44. The summed E-state index contributed by atoms with van der Waals surface area (Å²) in [6, 6.07) is 11.2. The molecular weight excluding hydrogens is 492 g/mol. The molecule has 0 aliphatic carbocycles. The second-order valence-corrected chi connectivity index (χ2v) is 12.3. The minimum absolute atomic E-state index is 0.0997. The van der Waals surface area contributed by atoms with E-state index >= 15 is 0 Å². The van der Waals surface area contributed by atoms with Crippen molar-refractivity contribution in [1.29, 1.82) is 0 Å². The first-order chi connectivity index (χ1) is 18.9. The molecule has 0 spiro atoms. The molecule has 39 heavy (non-hydrogen) atoms. The minimum Gasteiger partial charge on any atom is -0.312 e. The molecule has 0 unspecified atom stereocenters. The summed E-state index contributed by atoms with van der Waals surface area (Å²) in [7, 11) is 0. The highest BCUT2D eigenvalue weighted by Gasteiger charge is 2.35. The van der Waals surface area contributed by atoms with E-state index in [0.29, 0.717) is 55.8 Å². The van der Waals surface area contributed by atoms with Crippen molar-refractivity contribution in [2.75, 3.05) is 39.3 Å². The van der Waals surface area contributed by atoms with Crippen LogP contribution < -0.4 is 11.1 Å². The number of likely N-dealkylation sites (tertiary alicyclic amines) is 2. The maximum Gasteiger partial charge on any atom is 0.250 e. The number of Topliss-reactive ketones (excluding diaryl/α,β-unsaturated/α-hetero) is 2. The van der Waals surface area contributed by atoms with Gasteiger partial charge in [-0.1, -0.05) is 12.1 Å². The summed E-state index contributed by atoms with van der Waals surface area (Å²) in [6.45, 7) is 6.81. The van der Waals surface area contributed by atoms with Gasteiger partial charge in [-0.2, -0.15) is 0 Å². The van der Waals surface area contributed by atoms with E-state index in [2.05, 4.69) is 21.9 Å². The predicted molar refractivity (Wildman–Crippen MR) is 149 cm³/mol. The lowest BCUT2D eigenvalue weighted by Crippen LogP contribution is -2.47. The Bertz CT molecular complexity index is 1250. The fourth-order valence-corrected chi connectivity index (χ4v) is 7.65. The van der Waals surface area contributed by atoms with Gasteiger partial charge in [0.2, 0.25) is 0 Å². The van der Waals surface area contributed by atoms with Gasteiger partial charge in [-0.05, 0) is 43.2 Å². The highest BCUT2D eigenvalue weighted by Crippen LogP contribution is 2.36. The number of piperidine rings is 2. The Labute approximate surface area is 229 Å². The molecule has 2 saturated heterocycles. The molecule has 208 valence electrons. The van der Waals surface area contributed by atoms with Gasteiger partial charge in [0.1, 0.15) is 11.6 Å². The zero-order valence-electron chi connectivity index (χ0n) is 22.8. The third kappa shape index (κ3) is 5.87. The van der Waals surface area contributed by atoms with Crippen LogP contribution in [0, 0.1) is 11.8 Å². The molecule has 6 rings (SSSR count). The molecule has 8 heteroatoms. The number of carbonyl (C=O) groups is 2. The maximum atomic E-state index is 12.6. The van der Waals surface area contributed by atoms with Crippen molar-refractivity contribution in [2.45, 2.75) is 69.9 Å². The van der Waals surface area contributed by atoms with E-state index in [-0.39, 0.29) is 22.7 Å². The zero-order chi connectivity index (χ0) is 26.9. The van der Waals surface area contributed by atoms with Crippen LogP contribution in [0.5, 0.6) is 0 Å². The van der Waals surface area contributed by atoms with Crippen LogP contribution in [-0.2, 0) is 22.7 Å². The van der Waals surface area contributed by atoms with E-state index in [1.54, 1.807) is 12.1 Å². The van der Waals surface area contributed by atoms with Crippen LogP contribution in [0.4, 0.5) is 0 Å². The van der Waals surface area contributed by atoms with Gasteiger partial charge in [-0.3, -0.25) is 19.2 Å². The molecule has 0 saturated carbocycles. The summed E-state index contributed by atoms with van der Waals surface area (Å²) in [5, 5.41) is 0. The van der Waals surface area contributed by atoms with Crippen LogP contribution in [-0.4, -0.2) is 69.8 Å². The van der Waals surface area contributed by atoms with Gasteiger partial charge >= 0.3 is 0 Å². The maximum absolute atomic E-state index is 12.6. The van der Waals surface area contributed by atoms with Gasteiger partial charge in [-0.25, -0.2) is 0 Å². The van der Waals surface area contributed by atoms with Gasteiger partial charge in [0.05, 0.1) is 0 Å². The normalized spacial score (nSPS) is 26.1. The standard InChI is InChI=1S/C31H40N4O4/c36-26(10-12-32-16-22-14-24(20-32)28-6-2-8-30(38)34(28)18-22)4-1-5-27(37)11-13-33-17-23-15-25(21-33)29-7-3-9-31(39)35(29)19-23/h2-3,6-9,22-25H,1,4-5,10-21H2/t22-,23-,24+,25+/m1/s1. The molecule has 0 aromatic carbocycles. The molecule has 4 bridgehead atoms. The summed E-state index contributed by atoms with van der Waals surface area (Å²) in [5.74, 6) is 2.18. The molecule has 4 atom stereocenters. The molecule has 2 aromatic rings. The number of rotatable bonds is 10. The van der Waals surface area contributed by atoms with Crippen molar-refractivity contribution in [2.24, 2.45) is 11.8 Å². The van der Waals surface area contributed by atoms with Crippen molar-refractivity contribution >= 4 is 11.6 Å². The van der Waals surface area contributed by atoms with Crippen LogP contribution in [0.2, 0.25) is 0 Å². The van der Waals surface area contributed by atoms with Crippen LogP contribution in [0.15, 0.2) is 46.0 Å². The second-order valence-electron chi connectivity index (χ2n) is 12.3. The minimum atomic E-state index is 0.0997. The lowest BCUT2D eigenvalue weighted by molar-refractivity contribution is -0.120. The lowest BCUT2D eigenvalue weighted by Gasteiger charge is -2.42. The summed E-state index contributed by atoms with van der Waals surface area (Å²) >= 11 is 0. The van der Waals surface area contributed by atoms with Crippen molar-refractivity contribution < 1.29 is 9.59 Å². The van der Waals surface area contributed by atoms with E-state index in [0.717, 1.165) is 76.6 Å². The first-order valence-corrected chi connectivity index (χ1v) is 14.8. The van der Waals surface area contributed by atoms with Gasteiger partial charge < -0.3 is 18.9 Å². The highest BCUT2D eigenvalue weighted by atomic mass is 16.1. The Kier molecular flexibility index (Phi) is 7.67. The van der Waals surface area contributed by atoms with Gasteiger partial charge in [0, 0.05) is 113 Å². The summed E-state index contributed by atoms with van der Waals surface area (Å²) in [6.07, 6.45) is 4.92. The number of hydrogen-bond donors (Lipinski definition) is 0. The molecule has 0 radical (unpaired) electrons. The average Bonchev–Trinajstić information content (AvgIpc) is 2.92. The topological polar surface area (TPSA) is 84.6 Å². The molecule has 0 N–H and O–H groups in total. The number of carbonyl (C=O) groups excluding carboxylic acids is 2. The molecular formula is C31H40N4O4. The fourth-order valence-electron chi connectivity index (χ4n) is 7.65. The highest BCUT2D eigenvalue weighted by molar-refractivity contribution is 5.81. The van der Waals surface area contributed by atoms with Crippen LogP contribution in [0.3, 0.4) is 0 Å². The van der Waals surface area contributed by atoms with E-state index in [4.69, 9.17) is 0 Å². The molecule has 2 aromatic heterocycles.